The molecule has 0 aliphatic rings. The minimum Gasteiger partial charge on any atom is -0.324 e. The van der Waals surface area contributed by atoms with E-state index in [9.17, 15) is 4.79 Å². The Kier molecular flexibility index (Phi) is 6.65. The average Bonchev–Trinajstić information content (AvgIpc) is 3.04. The second-order valence-electron chi connectivity index (χ2n) is 5.49. The van der Waals surface area contributed by atoms with Gasteiger partial charge < -0.3 is 9.88 Å². The Bertz CT molecular complexity index is 977. The van der Waals surface area contributed by atoms with Crippen LogP contribution in [0.4, 0.5) is 5.69 Å². The molecule has 1 heterocycles. The molecule has 3 aromatic rings. The Hall–Kier alpha value is -1.73. The highest BCUT2D eigenvalue weighted by atomic mass is 35.5. The third kappa shape index (κ3) is 4.76. The highest BCUT2D eigenvalue weighted by Gasteiger charge is 2.17. The van der Waals surface area contributed by atoms with Crippen LogP contribution < -0.4 is 5.32 Å². The van der Waals surface area contributed by atoms with E-state index < -0.39 is 0 Å². The molecule has 0 bridgehead atoms. The number of benzene rings is 2. The molecule has 5 nitrogen and oxygen atoms in total. The summed E-state index contributed by atoms with van der Waals surface area (Å²) >= 11 is 19.6. The van der Waals surface area contributed by atoms with Crippen LogP contribution in [-0.4, -0.2) is 26.4 Å². The van der Waals surface area contributed by atoms with Crippen LogP contribution in [0.3, 0.4) is 0 Å². The standard InChI is InChI=1S/C18H15Cl3N4OS/c1-2-25-17(12-8-7-11(19)9-14(12)21)23-24-18(25)27-10-16(26)22-15-6-4-3-5-13(15)20/h3-9H,2,10H2,1H3,(H,22,26). The SMILES string of the molecule is CCn1c(SCC(=O)Nc2ccccc2Cl)nnc1-c1ccc(Cl)cc1Cl. The summed E-state index contributed by atoms with van der Waals surface area (Å²) in [4.78, 5) is 12.2. The normalized spacial score (nSPS) is 10.8. The maximum absolute atomic E-state index is 12.2. The van der Waals surface area contributed by atoms with Crippen LogP contribution in [0.2, 0.25) is 15.1 Å². The molecule has 0 radical (unpaired) electrons. The molecule has 0 aliphatic heterocycles. The molecule has 0 fully saturated rings. The molecule has 27 heavy (non-hydrogen) atoms. The summed E-state index contributed by atoms with van der Waals surface area (Å²) in [6, 6.07) is 12.3. The molecule has 3 rings (SSSR count). The van der Waals surface area contributed by atoms with Crippen molar-refractivity contribution in [1.29, 1.82) is 0 Å². The van der Waals surface area contributed by atoms with Gasteiger partial charge in [0.05, 0.1) is 21.5 Å². The van der Waals surface area contributed by atoms with Crippen LogP contribution in [-0.2, 0) is 11.3 Å². The first-order chi connectivity index (χ1) is 13.0. The summed E-state index contributed by atoms with van der Waals surface area (Å²) in [6.45, 7) is 2.61. The molecule has 0 saturated carbocycles. The van der Waals surface area contributed by atoms with E-state index in [0.717, 1.165) is 5.56 Å². The van der Waals surface area contributed by atoms with Gasteiger partial charge in [0.1, 0.15) is 0 Å². The van der Waals surface area contributed by atoms with Crippen molar-refractivity contribution in [2.75, 3.05) is 11.1 Å². The number of amides is 1. The topological polar surface area (TPSA) is 59.8 Å². The largest absolute Gasteiger partial charge is 0.324 e. The number of anilines is 1. The summed E-state index contributed by atoms with van der Waals surface area (Å²) in [7, 11) is 0. The van der Waals surface area contributed by atoms with Gasteiger partial charge in [0.15, 0.2) is 11.0 Å². The predicted octanol–water partition coefficient (Wildman–Crippen LogP) is 5.66. The number of hydrogen-bond donors (Lipinski definition) is 1. The van der Waals surface area contributed by atoms with Crippen molar-refractivity contribution in [2.45, 2.75) is 18.6 Å². The number of rotatable bonds is 6. The van der Waals surface area contributed by atoms with Crippen molar-refractivity contribution >= 4 is 58.2 Å². The number of nitrogens with zero attached hydrogens (tertiary/aromatic N) is 3. The summed E-state index contributed by atoms with van der Waals surface area (Å²) in [5.41, 5.74) is 1.32. The number of para-hydroxylation sites is 1. The van der Waals surface area contributed by atoms with Gasteiger partial charge in [-0.3, -0.25) is 4.79 Å². The van der Waals surface area contributed by atoms with Crippen LogP contribution in [0.1, 0.15) is 6.92 Å². The molecule has 140 valence electrons. The third-order valence-corrected chi connectivity index (χ3v) is 5.53. The van der Waals surface area contributed by atoms with E-state index in [0.29, 0.717) is 38.3 Å². The molecule has 0 saturated heterocycles. The first kappa shape index (κ1) is 20.0. The average molecular weight is 442 g/mol. The molecular weight excluding hydrogens is 427 g/mol. The zero-order chi connectivity index (χ0) is 19.4. The van der Waals surface area contributed by atoms with Gasteiger partial charge >= 0.3 is 0 Å². The highest BCUT2D eigenvalue weighted by Crippen LogP contribution is 2.31. The van der Waals surface area contributed by atoms with Gasteiger partial charge in [-0.05, 0) is 37.3 Å². The zero-order valence-electron chi connectivity index (χ0n) is 14.2. The molecule has 1 aromatic heterocycles. The Morgan fingerprint density at radius 1 is 1.11 bits per heavy atom. The lowest BCUT2D eigenvalue weighted by Crippen LogP contribution is -2.15. The van der Waals surface area contributed by atoms with Crippen LogP contribution in [0.15, 0.2) is 47.6 Å². The van der Waals surface area contributed by atoms with Gasteiger partial charge in [0.25, 0.3) is 0 Å². The number of nitrogens with one attached hydrogen (secondary N) is 1. The summed E-state index contributed by atoms with van der Waals surface area (Å²) in [5.74, 6) is 0.635. The molecule has 1 amide bonds. The summed E-state index contributed by atoms with van der Waals surface area (Å²) < 4.78 is 1.91. The fourth-order valence-electron chi connectivity index (χ4n) is 2.43. The molecule has 2 aromatic carbocycles. The van der Waals surface area contributed by atoms with Gasteiger partial charge in [-0.2, -0.15) is 0 Å². The van der Waals surface area contributed by atoms with E-state index in [-0.39, 0.29) is 11.7 Å². The summed E-state index contributed by atoms with van der Waals surface area (Å²) in [5, 5.41) is 13.4. The Labute approximate surface area is 176 Å². The lowest BCUT2D eigenvalue weighted by molar-refractivity contribution is -0.113. The fraction of sp³-hybridized carbons (Fsp3) is 0.167. The van der Waals surface area contributed by atoms with Gasteiger partial charge in [-0.1, -0.05) is 58.7 Å². The van der Waals surface area contributed by atoms with Crippen molar-refractivity contribution in [3.05, 3.63) is 57.5 Å². The summed E-state index contributed by atoms with van der Waals surface area (Å²) in [6.07, 6.45) is 0. The Balaban J connectivity index is 1.73. The van der Waals surface area contributed by atoms with Crippen LogP contribution in [0.5, 0.6) is 0 Å². The van der Waals surface area contributed by atoms with E-state index >= 15 is 0 Å². The quantitative estimate of drug-likeness (QED) is 0.502. The van der Waals surface area contributed by atoms with Gasteiger partial charge in [-0.25, -0.2) is 0 Å². The van der Waals surface area contributed by atoms with E-state index in [2.05, 4.69) is 15.5 Å². The maximum atomic E-state index is 12.2. The second kappa shape index (κ2) is 8.97. The van der Waals surface area contributed by atoms with E-state index in [1.54, 1.807) is 36.4 Å². The van der Waals surface area contributed by atoms with Crippen LogP contribution in [0.25, 0.3) is 11.4 Å². The number of carbonyl (C=O) groups is 1. The first-order valence-corrected chi connectivity index (χ1v) is 10.2. The predicted molar refractivity (Wildman–Crippen MR) is 112 cm³/mol. The molecule has 0 spiro atoms. The lowest BCUT2D eigenvalue weighted by Gasteiger charge is -2.09. The molecule has 1 N–H and O–H groups in total. The zero-order valence-corrected chi connectivity index (χ0v) is 17.3. The molecular formula is C18H15Cl3N4OS. The lowest BCUT2D eigenvalue weighted by atomic mass is 10.2. The minimum atomic E-state index is -0.176. The molecule has 9 heteroatoms. The molecule has 0 aliphatic carbocycles. The third-order valence-electron chi connectivity index (χ3n) is 3.69. The highest BCUT2D eigenvalue weighted by molar-refractivity contribution is 7.99. The van der Waals surface area contributed by atoms with Crippen molar-refractivity contribution in [2.24, 2.45) is 0 Å². The van der Waals surface area contributed by atoms with E-state index in [4.69, 9.17) is 34.8 Å². The number of thioether (sulfide) groups is 1. The smallest absolute Gasteiger partial charge is 0.234 e. The molecule has 0 unspecified atom stereocenters. The van der Waals surface area contributed by atoms with Crippen molar-refractivity contribution in [3.8, 4) is 11.4 Å². The van der Waals surface area contributed by atoms with Gasteiger partial charge in [0, 0.05) is 17.1 Å². The van der Waals surface area contributed by atoms with E-state index in [1.165, 1.54) is 11.8 Å². The Morgan fingerprint density at radius 3 is 2.59 bits per heavy atom. The number of hydrogen-bond acceptors (Lipinski definition) is 4. The van der Waals surface area contributed by atoms with Crippen molar-refractivity contribution < 1.29 is 4.79 Å². The monoisotopic (exact) mass is 440 g/mol. The van der Waals surface area contributed by atoms with Crippen LogP contribution in [0, 0.1) is 0 Å². The van der Waals surface area contributed by atoms with E-state index in [1.807, 2.05) is 17.6 Å². The van der Waals surface area contributed by atoms with Crippen LogP contribution >= 0.6 is 46.6 Å². The minimum absolute atomic E-state index is 0.176. The number of halogens is 3. The number of carbonyl (C=O) groups excluding carboxylic acids is 1. The fourth-order valence-corrected chi connectivity index (χ4v) is 3.91. The first-order valence-electron chi connectivity index (χ1n) is 8.05. The van der Waals surface area contributed by atoms with Crippen molar-refractivity contribution in [1.82, 2.24) is 14.8 Å². The maximum Gasteiger partial charge on any atom is 0.234 e. The molecule has 0 atom stereocenters. The Morgan fingerprint density at radius 2 is 1.89 bits per heavy atom. The van der Waals surface area contributed by atoms with Crippen molar-refractivity contribution in [3.63, 3.8) is 0 Å². The second-order valence-corrected chi connectivity index (χ2v) is 7.68. The number of aromatic nitrogens is 3. The van der Waals surface area contributed by atoms with Gasteiger partial charge in [0.2, 0.25) is 5.91 Å². The van der Waals surface area contributed by atoms with Gasteiger partial charge in [-0.15, -0.1) is 10.2 Å².